The number of rotatable bonds is 3. The van der Waals surface area contributed by atoms with Gasteiger partial charge in [-0.1, -0.05) is 6.92 Å². The minimum atomic E-state index is 0.0306. The molecular weight excluding hydrogens is 254 g/mol. The third-order valence-electron chi connectivity index (χ3n) is 5.76. The van der Waals surface area contributed by atoms with Crippen LogP contribution < -0.4 is 0 Å². The van der Waals surface area contributed by atoms with Crippen molar-refractivity contribution in [3.05, 3.63) is 16.6 Å². The molecule has 0 radical (unpaired) electrons. The van der Waals surface area contributed by atoms with Gasteiger partial charge in [-0.05, 0) is 55.8 Å². The predicted octanol–water partition coefficient (Wildman–Crippen LogP) is 3.86. The summed E-state index contributed by atoms with van der Waals surface area (Å²) in [5.41, 5.74) is 2.33. The van der Waals surface area contributed by atoms with E-state index in [9.17, 15) is 4.79 Å². The SMILES string of the molecule is CC12CC3CC(C1)CC(C(=O)Cc1cncs1)(C3)C2. The van der Waals surface area contributed by atoms with E-state index in [4.69, 9.17) is 0 Å². The van der Waals surface area contributed by atoms with Crippen molar-refractivity contribution in [1.82, 2.24) is 4.98 Å². The largest absolute Gasteiger partial charge is 0.299 e. The number of carbonyl (C=O) groups is 1. The summed E-state index contributed by atoms with van der Waals surface area (Å²) in [6, 6.07) is 0. The zero-order valence-corrected chi connectivity index (χ0v) is 12.3. The summed E-state index contributed by atoms with van der Waals surface area (Å²) in [5, 5.41) is 0. The Morgan fingerprint density at radius 2 is 2.11 bits per heavy atom. The molecule has 0 aliphatic heterocycles. The molecule has 4 aliphatic carbocycles. The van der Waals surface area contributed by atoms with E-state index in [1.807, 2.05) is 11.7 Å². The maximum Gasteiger partial charge on any atom is 0.144 e. The maximum atomic E-state index is 12.9. The monoisotopic (exact) mass is 275 g/mol. The molecule has 4 bridgehead atoms. The molecule has 0 N–H and O–H groups in total. The standard InChI is InChI=1S/C16H21NOS/c1-15-4-11-2-12(5-15)7-16(6-11,9-15)14(18)3-13-8-17-10-19-13/h8,10-12H,2-7,9H2,1H3. The Balaban J connectivity index is 1.61. The van der Waals surface area contributed by atoms with Crippen LogP contribution in [0, 0.1) is 22.7 Å². The molecule has 3 heteroatoms. The van der Waals surface area contributed by atoms with Gasteiger partial charge in [-0.15, -0.1) is 11.3 Å². The summed E-state index contributed by atoms with van der Waals surface area (Å²) < 4.78 is 0. The van der Waals surface area contributed by atoms with Crippen molar-refractivity contribution >= 4 is 17.1 Å². The van der Waals surface area contributed by atoms with E-state index in [0.29, 0.717) is 17.6 Å². The first-order valence-corrected chi connectivity index (χ1v) is 8.36. The minimum Gasteiger partial charge on any atom is -0.299 e. The van der Waals surface area contributed by atoms with E-state index in [1.54, 1.807) is 11.3 Å². The molecule has 0 spiro atoms. The molecule has 2 atom stereocenters. The highest BCUT2D eigenvalue weighted by atomic mass is 32.1. The highest BCUT2D eigenvalue weighted by Gasteiger charge is 2.58. The molecule has 5 rings (SSSR count). The lowest BCUT2D eigenvalue weighted by molar-refractivity contribution is -0.152. The van der Waals surface area contributed by atoms with Gasteiger partial charge in [0.25, 0.3) is 0 Å². The van der Waals surface area contributed by atoms with Crippen molar-refractivity contribution in [1.29, 1.82) is 0 Å². The zero-order chi connectivity index (χ0) is 13.1. The van der Waals surface area contributed by atoms with Crippen molar-refractivity contribution in [2.75, 3.05) is 0 Å². The van der Waals surface area contributed by atoms with Gasteiger partial charge in [0.15, 0.2) is 0 Å². The first-order chi connectivity index (χ1) is 9.07. The second-order valence-corrected chi connectivity index (χ2v) is 8.59. The molecule has 1 aromatic rings. The molecular formula is C16H21NOS. The van der Waals surface area contributed by atoms with Crippen molar-refractivity contribution in [3.63, 3.8) is 0 Å². The lowest BCUT2D eigenvalue weighted by Crippen LogP contribution is -2.54. The number of hydrogen-bond donors (Lipinski definition) is 0. The average molecular weight is 275 g/mol. The molecule has 19 heavy (non-hydrogen) atoms. The fourth-order valence-electron chi connectivity index (χ4n) is 5.72. The lowest BCUT2D eigenvalue weighted by atomic mass is 9.43. The number of aromatic nitrogens is 1. The Hall–Kier alpha value is -0.700. The van der Waals surface area contributed by atoms with E-state index >= 15 is 0 Å². The summed E-state index contributed by atoms with van der Waals surface area (Å²) in [6.07, 6.45) is 10.1. The fourth-order valence-corrected chi connectivity index (χ4v) is 6.32. The van der Waals surface area contributed by atoms with E-state index in [0.717, 1.165) is 23.1 Å². The van der Waals surface area contributed by atoms with Gasteiger partial charge in [0.05, 0.1) is 5.51 Å². The van der Waals surface area contributed by atoms with E-state index in [2.05, 4.69) is 11.9 Å². The van der Waals surface area contributed by atoms with Crippen LogP contribution in [0.3, 0.4) is 0 Å². The zero-order valence-electron chi connectivity index (χ0n) is 11.5. The first-order valence-electron chi connectivity index (χ1n) is 7.48. The molecule has 2 nitrogen and oxygen atoms in total. The lowest BCUT2D eigenvalue weighted by Gasteiger charge is -2.60. The van der Waals surface area contributed by atoms with Crippen LogP contribution in [0.15, 0.2) is 11.7 Å². The van der Waals surface area contributed by atoms with Crippen molar-refractivity contribution in [3.8, 4) is 0 Å². The van der Waals surface area contributed by atoms with Crippen LogP contribution in [0.25, 0.3) is 0 Å². The quantitative estimate of drug-likeness (QED) is 0.838. The van der Waals surface area contributed by atoms with Crippen molar-refractivity contribution < 1.29 is 4.79 Å². The number of thiazole rings is 1. The van der Waals surface area contributed by atoms with Crippen LogP contribution in [0.5, 0.6) is 0 Å². The summed E-state index contributed by atoms with van der Waals surface area (Å²) in [7, 11) is 0. The Labute approximate surface area is 118 Å². The van der Waals surface area contributed by atoms with Gasteiger partial charge >= 0.3 is 0 Å². The Morgan fingerprint density at radius 1 is 1.37 bits per heavy atom. The summed E-state index contributed by atoms with van der Waals surface area (Å²) in [4.78, 5) is 18.1. The smallest absolute Gasteiger partial charge is 0.144 e. The second-order valence-electron chi connectivity index (χ2n) is 7.62. The molecule has 0 saturated heterocycles. The number of hydrogen-bond acceptors (Lipinski definition) is 3. The van der Waals surface area contributed by atoms with Crippen molar-refractivity contribution in [2.24, 2.45) is 22.7 Å². The highest BCUT2D eigenvalue weighted by Crippen LogP contribution is 2.65. The topological polar surface area (TPSA) is 30.0 Å². The van der Waals surface area contributed by atoms with Gasteiger partial charge in [0.1, 0.15) is 5.78 Å². The molecule has 4 saturated carbocycles. The molecule has 0 aromatic carbocycles. The molecule has 4 fully saturated rings. The fraction of sp³-hybridized carbons (Fsp3) is 0.750. The van der Waals surface area contributed by atoms with Gasteiger partial charge in [0.2, 0.25) is 0 Å². The van der Waals surface area contributed by atoms with Crippen LogP contribution in [-0.2, 0) is 11.2 Å². The van der Waals surface area contributed by atoms with Gasteiger partial charge < -0.3 is 0 Å². The summed E-state index contributed by atoms with van der Waals surface area (Å²) >= 11 is 1.62. The average Bonchev–Trinajstić information content (AvgIpc) is 2.78. The predicted molar refractivity (Wildman–Crippen MR) is 76.0 cm³/mol. The summed E-state index contributed by atoms with van der Waals surface area (Å²) in [6.45, 7) is 2.43. The molecule has 102 valence electrons. The van der Waals surface area contributed by atoms with Crippen LogP contribution in [0.4, 0.5) is 0 Å². The number of Topliss-reactive ketones (excluding diaryl/α,β-unsaturated/α-hetero) is 1. The van der Waals surface area contributed by atoms with Gasteiger partial charge in [-0.2, -0.15) is 0 Å². The molecule has 1 heterocycles. The third kappa shape index (κ3) is 1.89. The number of nitrogens with zero attached hydrogens (tertiary/aromatic N) is 1. The van der Waals surface area contributed by atoms with Gasteiger partial charge in [0, 0.05) is 22.9 Å². The van der Waals surface area contributed by atoms with Crippen LogP contribution >= 0.6 is 11.3 Å². The van der Waals surface area contributed by atoms with E-state index < -0.39 is 0 Å². The number of ketones is 1. The van der Waals surface area contributed by atoms with Crippen LogP contribution in [0.1, 0.15) is 50.3 Å². The number of carbonyl (C=O) groups excluding carboxylic acids is 1. The van der Waals surface area contributed by atoms with Crippen LogP contribution in [0.2, 0.25) is 0 Å². The minimum absolute atomic E-state index is 0.0306. The molecule has 4 aliphatic rings. The second kappa shape index (κ2) is 3.91. The molecule has 0 amide bonds. The normalized spacial score (nSPS) is 43.6. The van der Waals surface area contributed by atoms with Crippen molar-refractivity contribution in [2.45, 2.75) is 51.9 Å². The summed E-state index contributed by atoms with van der Waals surface area (Å²) in [5.74, 6) is 2.17. The van der Waals surface area contributed by atoms with E-state index in [1.165, 1.54) is 32.1 Å². The van der Waals surface area contributed by atoms with Gasteiger partial charge in [-0.25, -0.2) is 0 Å². The third-order valence-corrected chi connectivity index (χ3v) is 6.54. The Morgan fingerprint density at radius 3 is 2.68 bits per heavy atom. The first kappa shape index (κ1) is 12.1. The molecule has 1 aromatic heterocycles. The maximum absolute atomic E-state index is 12.9. The van der Waals surface area contributed by atoms with E-state index in [-0.39, 0.29) is 5.41 Å². The Kier molecular flexibility index (Phi) is 2.48. The highest BCUT2D eigenvalue weighted by molar-refractivity contribution is 7.09. The Bertz CT molecular complexity index is 493. The van der Waals surface area contributed by atoms with Crippen LogP contribution in [-0.4, -0.2) is 10.8 Å². The molecule has 2 unspecified atom stereocenters. The van der Waals surface area contributed by atoms with Gasteiger partial charge in [-0.3, -0.25) is 9.78 Å².